The highest BCUT2D eigenvalue weighted by Crippen LogP contribution is 2.31. The lowest BCUT2D eigenvalue weighted by molar-refractivity contribution is -0.136. The average molecular weight is 356 g/mol. The second kappa shape index (κ2) is 7.60. The van der Waals surface area contributed by atoms with Crippen LogP contribution in [0.15, 0.2) is 18.7 Å². The highest BCUT2D eigenvalue weighted by molar-refractivity contribution is 5.79. The Labute approximate surface area is 154 Å². The summed E-state index contributed by atoms with van der Waals surface area (Å²) in [5, 5.41) is 8.95. The third-order valence-corrected chi connectivity index (χ3v) is 5.93. The van der Waals surface area contributed by atoms with Crippen LogP contribution in [0, 0.1) is 5.92 Å². The van der Waals surface area contributed by atoms with Crippen molar-refractivity contribution in [1.82, 2.24) is 29.2 Å². The first-order valence-corrected chi connectivity index (χ1v) is 9.92. The Morgan fingerprint density at radius 2 is 1.92 bits per heavy atom. The monoisotopic (exact) mass is 356 g/mol. The molecule has 26 heavy (non-hydrogen) atoms. The maximum atomic E-state index is 12.6. The number of carbonyl (C=O) groups is 1. The number of hydrogen-bond acceptors (Lipinski definition) is 4. The van der Waals surface area contributed by atoms with Crippen LogP contribution >= 0.6 is 0 Å². The van der Waals surface area contributed by atoms with Gasteiger partial charge in [-0.05, 0) is 32.6 Å². The third kappa shape index (κ3) is 3.39. The number of aromatic nitrogens is 5. The van der Waals surface area contributed by atoms with E-state index in [9.17, 15) is 4.79 Å². The zero-order valence-electron chi connectivity index (χ0n) is 15.5. The lowest BCUT2D eigenvalue weighted by Crippen LogP contribution is -2.41. The third-order valence-electron chi connectivity index (χ3n) is 5.93. The number of nitrogens with zero attached hydrogens (tertiary/aromatic N) is 6. The molecule has 0 radical (unpaired) electrons. The highest BCUT2D eigenvalue weighted by atomic mass is 16.2. The zero-order valence-corrected chi connectivity index (χ0v) is 15.5. The summed E-state index contributed by atoms with van der Waals surface area (Å²) in [4.78, 5) is 18.8. The van der Waals surface area contributed by atoms with E-state index < -0.39 is 0 Å². The molecule has 1 saturated heterocycles. The molecule has 0 unspecified atom stereocenters. The minimum absolute atomic E-state index is 0.285. The molecule has 1 aliphatic heterocycles. The number of amides is 1. The smallest absolute Gasteiger partial charge is 0.225 e. The largest absolute Gasteiger partial charge is 0.342 e. The Morgan fingerprint density at radius 1 is 1.15 bits per heavy atom. The minimum Gasteiger partial charge on any atom is -0.342 e. The van der Waals surface area contributed by atoms with Crippen LogP contribution in [0.3, 0.4) is 0 Å². The molecule has 1 saturated carbocycles. The molecule has 3 heterocycles. The Bertz CT molecular complexity index is 723. The Morgan fingerprint density at radius 3 is 2.58 bits per heavy atom. The fraction of sp³-hybridized carbons (Fsp3) is 0.684. The molecule has 2 aromatic heterocycles. The second-order valence-corrected chi connectivity index (χ2v) is 7.53. The predicted octanol–water partition coefficient (Wildman–Crippen LogP) is 2.44. The number of rotatable bonds is 5. The Balaban J connectivity index is 1.41. The van der Waals surface area contributed by atoms with Gasteiger partial charge in [0.2, 0.25) is 5.91 Å². The zero-order chi connectivity index (χ0) is 17.9. The highest BCUT2D eigenvalue weighted by Gasteiger charge is 2.32. The first kappa shape index (κ1) is 17.2. The molecule has 0 bridgehead atoms. The standard InChI is InChI=1S/C19H28N6O/c1-2-25-17(13-23-12-9-20-14-23)21-22-18(25)15-7-10-24(11-8-15)19(26)16-5-3-4-6-16/h9,12,14-16H,2-8,10-11,13H2,1H3. The molecule has 0 N–H and O–H groups in total. The van der Waals surface area contributed by atoms with Gasteiger partial charge >= 0.3 is 0 Å². The molecule has 1 aliphatic carbocycles. The Hall–Kier alpha value is -2.18. The predicted molar refractivity (Wildman–Crippen MR) is 97.5 cm³/mol. The van der Waals surface area contributed by atoms with E-state index in [1.165, 1.54) is 12.8 Å². The summed E-state index contributed by atoms with van der Waals surface area (Å²) in [6.07, 6.45) is 12.1. The molecule has 140 valence electrons. The molecule has 2 aromatic rings. The van der Waals surface area contributed by atoms with E-state index in [2.05, 4.69) is 31.6 Å². The molecular weight excluding hydrogens is 328 g/mol. The van der Waals surface area contributed by atoms with Gasteiger partial charge in [0.15, 0.2) is 5.82 Å². The fourth-order valence-corrected chi connectivity index (χ4v) is 4.45. The summed E-state index contributed by atoms with van der Waals surface area (Å²) in [6.45, 7) is 5.41. The van der Waals surface area contributed by atoms with Crippen molar-refractivity contribution >= 4 is 5.91 Å². The molecule has 7 nitrogen and oxygen atoms in total. The average Bonchev–Trinajstić information content (AvgIpc) is 3.43. The molecule has 7 heteroatoms. The van der Waals surface area contributed by atoms with Crippen molar-refractivity contribution in [2.75, 3.05) is 13.1 Å². The van der Waals surface area contributed by atoms with Gasteiger partial charge in [-0.2, -0.15) is 0 Å². The van der Waals surface area contributed by atoms with E-state index in [-0.39, 0.29) is 5.92 Å². The molecule has 1 amide bonds. The molecule has 0 aromatic carbocycles. The van der Waals surface area contributed by atoms with E-state index in [0.29, 0.717) is 18.4 Å². The molecule has 0 atom stereocenters. The quantitative estimate of drug-likeness (QED) is 0.825. The SMILES string of the molecule is CCn1c(Cn2ccnc2)nnc1C1CCN(C(=O)C2CCCC2)CC1. The summed E-state index contributed by atoms with van der Waals surface area (Å²) < 4.78 is 4.25. The first-order valence-electron chi connectivity index (χ1n) is 9.92. The summed E-state index contributed by atoms with van der Waals surface area (Å²) >= 11 is 0. The molecule has 0 spiro atoms. The van der Waals surface area contributed by atoms with Crippen molar-refractivity contribution in [3.8, 4) is 0 Å². The van der Waals surface area contributed by atoms with E-state index in [0.717, 1.165) is 57.0 Å². The van der Waals surface area contributed by atoms with E-state index >= 15 is 0 Å². The van der Waals surface area contributed by atoms with Gasteiger partial charge in [-0.1, -0.05) is 12.8 Å². The van der Waals surface area contributed by atoms with Crippen molar-refractivity contribution < 1.29 is 4.79 Å². The van der Waals surface area contributed by atoms with Gasteiger partial charge in [-0.15, -0.1) is 10.2 Å². The molecular formula is C19H28N6O. The van der Waals surface area contributed by atoms with Crippen LogP contribution in [-0.4, -0.2) is 48.2 Å². The van der Waals surface area contributed by atoms with Crippen molar-refractivity contribution in [2.24, 2.45) is 5.92 Å². The normalized spacial score (nSPS) is 19.3. The number of hydrogen-bond donors (Lipinski definition) is 0. The van der Waals surface area contributed by atoms with E-state index in [1.807, 2.05) is 17.1 Å². The van der Waals surface area contributed by atoms with Gasteiger partial charge < -0.3 is 14.0 Å². The van der Waals surface area contributed by atoms with E-state index in [4.69, 9.17) is 0 Å². The van der Waals surface area contributed by atoms with Crippen LogP contribution in [0.1, 0.15) is 63.0 Å². The topological polar surface area (TPSA) is 68.8 Å². The van der Waals surface area contributed by atoms with Crippen LogP contribution < -0.4 is 0 Å². The van der Waals surface area contributed by atoms with Gasteiger partial charge in [0, 0.05) is 43.9 Å². The van der Waals surface area contributed by atoms with Crippen molar-refractivity contribution in [3.63, 3.8) is 0 Å². The second-order valence-electron chi connectivity index (χ2n) is 7.53. The van der Waals surface area contributed by atoms with Crippen LogP contribution in [-0.2, 0) is 17.9 Å². The number of likely N-dealkylation sites (tertiary alicyclic amines) is 1. The van der Waals surface area contributed by atoms with Gasteiger partial charge in [-0.25, -0.2) is 4.98 Å². The maximum Gasteiger partial charge on any atom is 0.225 e. The van der Waals surface area contributed by atoms with Gasteiger partial charge in [0.1, 0.15) is 5.82 Å². The molecule has 4 rings (SSSR count). The van der Waals surface area contributed by atoms with Crippen LogP contribution in [0.5, 0.6) is 0 Å². The lowest BCUT2D eigenvalue weighted by Gasteiger charge is -2.33. The maximum absolute atomic E-state index is 12.6. The van der Waals surface area contributed by atoms with Crippen molar-refractivity contribution in [3.05, 3.63) is 30.4 Å². The molecule has 2 fully saturated rings. The summed E-state index contributed by atoms with van der Waals surface area (Å²) in [6, 6.07) is 0. The van der Waals surface area contributed by atoms with Gasteiger partial charge in [0.25, 0.3) is 0 Å². The summed E-state index contributed by atoms with van der Waals surface area (Å²) in [7, 11) is 0. The van der Waals surface area contributed by atoms with E-state index in [1.54, 1.807) is 6.20 Å². The number of piperidine rings is 1. The number of carbonyl (C=O) groups excluding carboxylic acids is 1. The minimum atomic E-state index is 0.285. The first-order chi connectivity index (χ1) is 12.8. The van der Waals surface area contributed by atoms with Crippen LogP contribution in [0.25, 0.3) is 0 Å². The van der Waals surface area contributed by atoms with Crippen LogP contribution in [0.2, 0.25) is 0 Å². The lowest BCUT2D eigenvalue weighted by atomic mass is 9.94. The summed E-state index contributed by atoms with van der Waals surface area (Å²) in [5.74, 6) is 3.12. The Kier molecular flexibility index (Phi) is 5.04. The van der Waals surface area contributed by atoms with Crippen LogP contribution in [0.4, 0.5) is 0 Å². The van der Waals surface area contributed by atoms with Gasteiger partial charge in [0.05, 0.1) is 12.9 Å². The van der Waals surface area contributed by atoms with Crippen molar-refractivity contribution in [2.45, 2.75) is 64.5 Å². The van der Waals surface area contributed by atoms with Gasteiger partial charge in [-0.3, -0.25) is 4.79 Å². The number of imidazole rings is 1. The van der Waals surface area contributed by atoms with Crippen molar-refractivity contribution in [1.29, 1.82) is 0 Å². The summed E-state index contributed by atoms with van der Waals surface area (Å²) in [5.41, 5.74) is 0. The molecule has 2 aliphatic rings. The fourth-order valence-electron chi connectivity index (χ4n) is 4.45.